The van der Waals surface area contributed by atoms with Crippen molar-refractivity contribution < 1.29 is 24.1 Å². The van der Waals surface area contributed by atoms with E-state index in [1.807, 2.05) is 24.3 Å². The van der Waals surface area contributed by atoms with Gasteiger partial charge < -0.3 is 19.3 Å². The fourth-order valence-electron chi connectivity index (χ4n) is 4.10. The Bertz CT molecular complexity index is 1180. The van der Waals surface area contributed by atoms with E-state index in [0.717, 1.165) is 23.3 Å². The van der Waals surface area contributed by atoms with Crippen LogP contribution in [0.2, 0.25) is 0 Å². The first kappa shape index (κ1) is 23.2. The number of amides is 1. The Hall–Kier alpha value is -3.99. The Balaban J connectivity index is 0.000000172. The highest BCUT2D eigenvalue weighted by atomic mass is 16.6. The zero-order chi connectivity index (χ0) is 23.8. The quantitative estimate of drug-likeness (QED) is 0.519. The number of anilines is 1. The highest BCUT2D eigenvalue weighted by Crippen LogP contribution is 2.32. The van der Waals surface area contributed by atoms with Crippen LogP contribution in [-0.2, 0) is 0 Å². The van der Waals surface area contributed by atoms with Gasteiger partial charge in [0.1, 0.15) is 36.2 Å². The molecule has 1 fully saturated rings. The molecular weight excluding hydrogens is 434 g/mol. The zero-order valence-corrected chi connectivity index (χ0v) is 18.8. The van der Waals surface area contributed by atoms with Crippen LogP contribution in [0.4, 0.5) is 10.5 Å². The number of hydrogen-bond acceptors (Lipinski definition) is 6. The van der Waals surface area contributed by atoms with E-state index in [9.17, 15) is 4.79 Å². The lowest BCUT2D eigenvalue weighted by Gasteiger charge is -2.21. The van der Waals surface area contributed by atoms with Crippen LogP contribution in [0, 0.1) is 17.2 Å². The molecule has 0 spiro atoms. The van der Waals surface area contributed by atoms with Crippen LogP contribution in [0.5, 0.6) is 17.2 Å². The molecule has 1 saturated carbocycles. The van der Waals surface area contributed by atoms with E-state index in [2.05, 4.69) is 16.4 Å². The van der Waals surface area contributed by atoms with Crippen LogP contribution in [0.25, 0.3) is 10.9 Å². The van der Waals surface area contributed by atoms with Gasteiger partial charge in [-0.15, -0.1) is 0 Å². The van der Waals surface area contributed by atoms with E-state index in [4.69, 9.17) is 24.6 Å². The van der Waals surface area contributed by atoms with Crippen LogP contribution < -0.4 is 19.5 Å². The monoisotopic (exact) mass is 461 g/mol. The standard InChI is InChI=1S/C17H18N2O.C9H9NO4/c18-11-15-10-9-14-7-4-8-16(17(14)19-15)20-12-13-5-2-1-3-6-13;11-9(12)10-6-1-2-7-8(5-6)14-4-3-13-7/h4,7-10,13H,1-3,5-6,12H2;1-2,5,10H,3-4H2,(H,11,12). The van der Waals surface area contributed by atoms with Gasteiger partial charge in [0.15, 0.2) is 11.5 Å². The van der Waals surface area contributed by atoms with Gasteiger partial charge >= 0.3 is 6.09 Å². The van der Waals surface area contributed by atoms with Crippen LogP contribution in [-0.4, -0.2) is 36.0 Å². The third-order valence-corrected chi connectivity index (χ3v) is 5.79. The van der Waals surface area contributed by atoms with Gasteiger partial charge in [-0.25, -0.2) is 9.78 Å². The average Bonchev–Trinajstić information content (AvgIpc) is 2.87. The van der Waals surface area contributed by atoms with Crippen LogP contribution in [0.15, 0.2) is 48.5 Å². The molecule has 1 aromatic heterocycles. The van der Waals surface area contributed by atoms with Crippen LogP contribution >= 0.6 is 0 Å². The summed E-state index contributed by atoms with van der Waals surface area (Å²) in [5.74, 6) is 2.68. The van der Waals surface area contributed by atoms with Gasteiger partial charge in [0.2, 0.25) is 0 Å². The van der Waals surface area contributed by atoms with E-state index < -0.39 is 6.09 Å². The van der Waals surface area contributed by atoms with Gasteiger partial charge in [-0.3, -0.25) is 5.32 Å². The summed E-state index contributed by atoms with van der Waals surface area (Å²) in [6.07, 6.45) is 5.43. The molecule has 34 heavy (non-hydrogen) atoms. The first-order valence-corrected chi connectivity index (χ1v) is 11.4. The summed E-state index contributed by atoms with van der Waals surface area (Å²) in [6, 6.07) is 16.6. The molecule has 1 aliphatic carbocycles. The minimum absolute atomic E-state index is 0.436. The van der Waals surface area contributed by atoms with Crippen molar-refractivity contribution in [3.63, 3.8) is 0 Å². The minimum atomic E-state index is -1.10. The Kier molecular flexibility index (Phi) is 7.66. The molecule has 0 unspecified atom stereocenters. The van der Waals surface area contributed by atoms with E-state index in [1.165, 1.54) is 32.1 Å². The number of nitrogens with one attached hydrogen (secondary N) is 1. The maximum absolute atomic E-state index is 10.4. The molecule has 3 aromatic rings. The topological polar surface area (TPSA) is 114 Å². The fourth-order valence-corrected chi connectivity index (χ4v) is 4.10. The molecule has 2 aliphatic rings. The summed E-state index contributed by atoms with van der Waals surface area (Å²) in [6.45, 7) is 1.78. The second kappa shape index (κ2) is 11.2. The summed E-state index contributed by atoms with van der Waals surface area (Å²) in [5, 5.41) is 20.7. The number of fused-ring (bicyclic) bond motifs is 2. The van der Waals surface area contributed by atoms with Gasteiger partial charge in [0.25, 0.3) is 0 Å². The average molecular weight is 462 g/mol. The number of pyridine rings is 1. The van der Waals surface area contributed by atoms with Crippen molar-refractivity contribution in [2.45, 2.75) is 32.1 Å². The molecule has 1 amide bonds. The first-order chi connectivity index (χ1) is 16.6. The number of ether oxygens (including phenoxy) is 3. The largest absolute Gasteiger partial charge is 0.491 e. The predicted molar refractivity (Wildman–Crippen MR) is 128 cm³/mol. The summed E-state index contributed by atoms with van der Waals surface area (Å²) in [4.78, 5) is 14.7. The molecule has 2 heterocycles. The van der Waals surface area contributed by atoms with E-state index >= 15 is 0 Å². The number of aromatic nitrogens is 1. The molecular formula is C26H27N3O5. The molecule has 0 bridgehead atoms. The summed E-state index contributed by atoms with van der Waals surface area (Å²) < 4.78 is 16.6. The Labute approximate surface area is 198 Å². The number of nitrogens with zero attached hydrogens (tertiary/aromatic N) is 2. The van der Waals surface area contributed by atoms with Gasteiger partial charge in [-0.2, -0.15) is 5.26 Å². The summed E-state index contributed by atoms with van der Waals surface area (Å²) in [5.41, 5.74) is 1.70. The molecule has 2 N–H and O–H groups in total. The minimum Gasteiger partial charge on any atom is -0.491 e. The van der Waals surface area contributed by atoms with Gasteiger partial charge in [-0.1, -0.05) is 31.4 Å². The predicted octanol–water partition coefficient (Wildman–Crippen LogP) is 5.61. The van der Waals surface area contributed by atoms with Crippen molar-refractivity contribution in [3.8, 4) is 23.3 Å². The van der Waals surface area contributed by atoms with Crippen LogP contribution in [0.1, 0.15) is 37.8 Å². The molecule has 0 radical (unpaired) electrons. The summed E-state index contributed by atoms with van der Waals surface area (Å²) >= 11 is 0. The smallest absolute Gasteiger partial charge is 0.409 e. The molecule has 8 heteroatoms. The molecule has 0 atom stereocenters. The lowest BCUT2D eigenvalue weighted by atomic mass is 9.90. The molecule has 1 aliphatic heterocycles. The zero-order valence-electron chi connectivity index (χ0n) is 18.8. The Morgan fingerprint density at radius 1 is 1.09 bits per heavy atom. The van der Waals surface area contributed by atoms with E-state index in [-0.39, 0.29) is 0 Å². The Morgan fingerprint density at radius 3 is 2.65 bits per heavy atom. The lowest BCUT2D eigenvalue weighted by Crippen LogP contribution is -2.15. The van der Waals surface area contributed by atoms with Crippen molar-refractivity contribution in [2.24, 2.45) is 5.92 Å². The number of para-hydroxylation sites is 1. The second-order valence-electron chi connectivity index (χ2n) is 8.24. The number of carbonyl (C=O) groups is 1. The van der Waals surface area contributed by atoms with Crippen LogP contribution in [0.3, 0.4) is 0 Å². The molecule has 0 saturated heterocycles. The summed E-state index contributed by atoms with van der Waals surface area (Å²) in [7, 11) is 0. The third kappa shape index (κ3) is 6.07. The van der Waals surface area contributed by atoms with Crippen molar-refractivity contribution >= 4 is 22.7 Å². The SMILES string of the molecule is N#Cc1ccc2cccc(OCC3CCCCC3)c2n1.O=C(O)Nc1ccc2c(c1)OCCO2. The maximum Gasteiger partial charge on any atom is 0.409 e. The number of carboxylic acid groups (broad SMARTS) is 1. The van der Waals surface area contributed by atoms with Crippen molar-refractivity contribution in [1.82, 2.24) is 4.98 Å². The molecule has 8 nitrogen and oxygen atoms in total. The maximum atomic E-state index is 10.4. The normalized spacial score (nSPS) is 14.9. The van der Waals surface area contributed by atoms with Gasteiger partial charge in [0.05, 0.1) is 6.61 Å². The van der Waals surface area contributed by atoms with Gasteiger partial charge in [0, 0.05) is 17.1 Å². The fraction of sp³-hybridized carbons (Fsp3) is 0.346. The number of rotatable bonds is 4. The highest BCUT2D eigenvalue weighted by molar-refractivity contribution is 5.85. The second-order valence-corrected chi connectivity index (χ2v) is 8.24. The first-order valence-electron chi connectivity index (χ1n) is 11.4. The molecule has 176 valence electrons. The highest BCUT2D eigenvalue weighted by Gasteiger charge is 2.15. The van der Waals surface area contributed by atoms with Crippen molar-refractivity contribution in [3.05, 3.63) is 54.2 Å². The van der Waals surface area contributed by atoms with Gasteiger partial charge in [-0.05, 0) is 49.1 Å². The molecule has 5 rings (SSSR count). The number of nitriles is 1. The Morgan fingerprint density at radius 2 is 1.88 bits per heavy atom. The van der Waals surface area contributed by atoms with E-state index in [1.54, 1.807) is 24.3 Å². The number of benzene rings is 2. The van der Waals surface area contributed by atoms with Crippen molar-refractivity contribution in [1.29, 1.82) is 5.26 Å². The third-order valence-electron chi connectivity index (χ3n) is 5.79. The number of hydrogen-bond donors (Lipinski definition) is 2. The van der Waals surface area contributed by atoms with E-state index in [0.29, 0.717) is 42.0 Å². The van der Waals surface area contributed by atoms with Crippen molar-refractivity contribution in [2.75, 3.05) is 25.1 Å². The lowest BCUT2D eigenvalue weighted by molar-refractivity contribution is 0.171. The molecule has 2 aromatic carbocycles.